The summed E-state index contributed by atoms with van der Waals surface area (Å²) in [6.45, 7) is 0.106. The van der Waals surface area contributed by atoms with E-state index >= 15 is 0 Å². The minimum atomic E-state index is -3.07. The molecule has 0 saturated heterocycles. The highest BCUT2D eigenvalue weighted by Gasteiger charge is 2.28. The number of amides is 1. The van der Waals surface area contributed by atoms with Gasteiger partial charge in [0.05, 0.1) is 19.0 Å². The Hall–Kier alpha value is -1.56. The molecule has 17 heavy (non-hydrogen) atoms. The molecule has 0 radical (unpaired) electrons. The molecule has 1 aromatic heterocycles. The van der Waals surface area contributed by atoms with Crippen LogP contribution >= 0.6 is 0 Å². The number of nitrogens with one attached hydrogen (secondary N) is 1. The molecule has 0 saturated carbocycles. The minimum Gasteiger partial charge on any atom is -0.349 e. The van der Waals surface area contributed by atoms with Gasteiger partial charge in [0, 0.05) is 12.4 Å². The third kappa shape index (κ3) is 4.07. The average Bonchev–Trinajstić information content (AvgIpc) is 2.36. The lowest BCUT2D eigenvalue weighted by atomic mass is 10.0. The average molecular weight is 243 g/mol. The van der Waals surface area contributed by atoms with Crippen molar-refractivity contribution in [2.45, 2.75) is 18.8 Å². The fraction of sp³-hybridized carbons (Fsp3) is 0.455. The normalized spacial score (nSPS) is 13.2. The van der Waals surface area contributed by atoms with Gasteiger partial charge in [0.1, 0.15) is 0 Å². The molecule has 0 bridgehead atoms. The van der Waals surface area contributed by atoms with Crippen LogP contribution in [-0.4, -0.2) is 29.9 Å². The maximum absolute atomic E-state index is 12.8. The fourth-order valence-electron chi connectivity index (χ4n) is 1.23. The molecule has 94 valence electrons. The van der Waals surface area contributed by atoms with E-state index < -0.39 is 30.8 Å². The number of rotatable bonds is 5. The minimum absolute atomic E-state index is 0.467. The molecule has 1 aromatic rings. The van der Waals surface area contributed by atoms with Crippen molar-refractivity contribution in [1.82, 2.24) is 10.3 Å². The number of alkyl halides is 2. The number of halogens is 2. The van der Waals surface area contributed by atoms with E-state index in [4.69, 9.17) is 5.73 Å². The van der Waals surface area contributed by atoms with Crippen LogP contribution in [0.25, 0.3) is 0 Å². The smallest absolute Gasteiger partial charge is 0.277 e. The highest BCUT2D eigenvalue weighted by atomic mass is 19.3. The van der Waals surface area contributed by atoms with E-state index in [0.717, 1.165) is 0 Å². The Morgan fingerprint density at radius 1 is 1.65 bits per heavy atom. The maximum Gasteiger partial charge on any atom is 0.277 e. The fourth-order valence-corrected chi connectivity index (χ4v) is 1.23. The van der Waals surface area contributed by atoms with Crippen LogP contribution in [-0.2, 0) is 4.79 Å². The second kappa shape index (κ2) is 5.67. The first-order valence-corrected chi connectivity index (χ1v) is 5.22. The van der Waals surface area contributed by atoms with E-state index in [-0.39, 0.29) is 0 Å². The van der Waals surface area contributed by atoms with E-state index in [1.807, 2.05) is 0 Å². The Bertz CT molecular complexity index is 370. The lowest BCUT2D eigenvalue weighted by Gasteiger charge is -2.17. The van der Waals surface area contributed by atoms with Gasteiger partial charge in [0.15, 0.2) is 0 Å². The molecule has 0 aromatic carbocycles. The van der Waals surface area contributed by atoms with Crippen molar-refractivity contribution in [3.8, 4) is 0 Å². The summed E-state index contributed by atoms with van der Waals surface area (Å²) in [6, 6.07) is 3.41. The summed E-state index contributed by atoms with van der Waals surface area (Å²) in [5, 5.41) is 2.18. The van der Waals surface area contributed by atoms with Crippen molar-refractivity contribution in [3.05, 3.63) is 30.1 Å². The van der Waals surface area contributed by atoms with Crippen LogP contribution in [0, 0.1) is 0 Å². The van der Waals surface area contributed by atoms with Crippen LogP contribution in [0.1, 0.15) is 18.4 Å². The third-order valence-electron chi connectivity index (χ3n) is 2.40. The molecule has 6 heteroatoms. The molecule has 0 aliphatic heterocycles. The molecule has 0 spiro atoms. The van der Waals surface area contributed by atoms with Gasteiger partial charge in [-0.25, -0.2) is 8.78 Å². The first-order chi connectivity index (χ1) is 7.96. The second-order valence-corrected chi connectivity index (χ2v) is 3.79. The number of nitrogens with two attached hydrogens (primary N) is 1. The number of aromatic nitrogens is 1. The van der Waals surface area contributed by atoms with Gasteiger partial charge in [-0.05, 0) is 18.6 Å². The first-order valence-electron chi connectivity index (χ1n) is 5.22. The second-order valence-electron chi connectivity index (χ2n) is 3.79. The molecular weight excluding hydrogens is 228 g/mol. The Kier molecular flexibility index (Phi) is 4.51. The predicted molar refractivity (Wildman–Crippen MR) is 59.7 cm³/mol. The van der Waals surface area contributed by atoms with Gasteiger partial charge in [-0.15, -0.1) is 0 Å². The van der Waals surface area contributed by atoms with Crippen molar-refractivity contribution in [1.29, 1.82) is 0 Å². The summed E-state index contributed by atoms with van der Waals surface area (Å²) in [4.78, 5) is 15.5. The summed E-state index contributed by atoms with van der Waals surface area (Å²) < 4.78 is 25.7. The van der Waals surface area contributed by atoms with Gasteiger partial charge in [0.2, 0.25) is 5.91 Å². The zero-order valence-electron chi connectivity index (χ0n) is 9.49. The number of hydrogen-bond donors (Lipinski definition) is 2. The SMILES string of the molecule is CC(C(=O)NCC(F)(F)CN)c1cccnc1. The van der Waals surface area contributed by atoms with Crippen molar-refractivity contribution in [2.24, 2.45) is 5.73 Å². The third-order valence-corrected chi connectivity index (χ3v) is 2.40. The quantitative estimate of drug-likeness (QED) is 0.807. The molecular formula is C11H15F2N3O. The van der Waals surface area contributed by atoms with Crippen molar-refractivity contribution < 1.29 is 13.6 Å². The molecule has 4 nitrogen and oxygen atoms in total. The molecule has 1 amide bonds. The van der Waals surface area contributed by atoms with Gasteiger partial charge < -0.3 is 11.1 Å². The van der Waals surface area contributed by atoms with E-state index in [9.17, 15) is 13.6 Å². The highest BCUT2D eigenvalue weighted by Crippen LogP contribution is 2.14. The monoisotopic (exact) mass is 243 g/mol. The standard InChI is InChI=1S/C11H15F2N3O/c1-8(9-3-2-4-15-5-9)10(17)16-7-11(12,13)6-14/h2-5,8H,6-7,14H2,1H3,(H,16,17). The Morgan fingerprint density at radius 2 is 2.35 bits per heavy atom. The molecule has 0 fully saturated rings. The van der Waals surface area contributed by atoms with Crippen LogP contribution in [0.15, 0.2) is 24.5 Å². The van der Waals surface area contributed by atoms with Crippen molar-refractivity contribution in [3.63, 3.8) is 0 Å². The Labute approximate surface area is 98.2 Å². The molecule has 1 rings (SSSR count). The van der Waals surface area contributed by atoms with E-state index in [1.165, 1.54) is 6.20 Å². The first kappa shape index (κ1) is 13.5. The molecule has 1 heterocycles. The largest absolute Gasteiger partial charge is 0.349 e. The summed E-state index contributed by atoms with van der Waals surface area (Å²) >= 11 is 0. The van der Waals surface area contributed by atoms with Gasteiger partial charge in [-0.1, -0.05) is 6.07 Å². The summed E-state index contributed by atoms with van der Waals surface area (Å²) in [6.07, 6.45) is 3.11. The molecule has 1 unspecified atom stereocenters. The summed E-state index contributed by atoms with van der Waals surface area (Å²) in [5.74, 6) is -4.05. The number of pyridine rings is 1. The van der Waals surface area contributed by atoms with Crippen molar-refractivity contribution >= 4 is 5.91 Å². The number of carbonyl (C=O) groups excluding carboxylic acids is 1. The number of nitrogens with zero attached hydrogens (tertiary/aromatic N) is 1. The molecule has 1 atom stereocenters. The highest BCUT2D eigenvalue weighted by molar-refractivity contribution is 5.83. The van der Waals surface area contributed by atoms with E-state index in [0.29, 0.717) is 5.56 Å². The summed E-state index contributed by atoms with van der Waals surface area (Å²) in [7, 11) is 0. The summed E-state index contributed by atoms with van der Waals surface area (Å²) in [5.41, 5.74) is 5.55. The van der Waals surface area contributed by atoms with Crippen LogP contribution in [0.3, 0.4) is 0 Å². The molecule has 0 aliphatic carbocycles. The van der Waals surface area contributed by atoms with Gasteiger partial charge in [-0.3, -0.25) is 9.78 Å². The van der Waals surface area contributed by atoms with Crippen molar-refractivity contribution in [2.75, 3.05) is 13.1 Å². The lowest BCUT2D eigenvalue weighted by Crippen LogP contribution is -2.42. The lowest BCUT2D eigenvalue weighted by molar-refractivity contribution is -0.124. The van der Waals surface area contributed by atoms with Gasteiger partial charge >= 0.3 is 0 Å². The predicted octanol–water partition coefficient (Wildman–Crippen LogP) is 0.895. The molecule has 0 aliphatic rings. The topological polar surface area (TPSA) is 68.0 Å². The number of hydrogen-bond acceptors (Lipinski definition) is 3. The maximum atomic E-state index is 12.8. The Balaban J connectivity index is 2.54. The van der Waals surface area contributed by atoms with Gasteiger partial charge in [-0.2, -0.15) is 0 Å². The zero-order valence-corrected chi connectivity index (χ0v) is 9.49. The zero-order chi connectivity index (χ0) is 12.9. The van der Waals surface area contributed by atoms with Gasteiger partial charge in [0.25, 0.3) is 5.92 Å². The van der Waals surface area contributed by atoms with Crippen LogP contribution in [0.5, 0.6) is 0 Å². The Morgan fingerprint density at radius 3 is 2.88 bits per heavy atom. The van der Waals surface area contributed by atoms with E-state index in [2.05, 4.69) is 10.3 Å². The van der Waals surface area contributed by atoms with Crippen LogP contribution in [0.2, 0.25) is 0 Å². The number of carbonyl (C=O) groups is 1. The van der Waals surface area contributed by atoms with E-state index in [1.54, 1.807) is 25.3 Å². The molecule has 3 N–H and O–H groups in total. The van der Waals surface area contributed by atoms with Crippen LogP contribution < -0.4 is 11.1 Å². The van der Waals surface area contributed by atoms with Crippen LogP contribution in [0.4, 0.5) is 8.78 Å².